The molecule has 1 aromatic heterocycles. The highest BCUT2D eigenvalue weighted by atomic mass is 35.5. The number of nitrogens with zero attached hydrogens (tertiary/aromatic N) is 1. The number of anilines is 2. The number of rotatable bonds is 0. The first-order valence-corrected chi connectivity index (χ1v) is 5.75. The molecule has 0 aliphatic carbocycles. The summed E-state index contributed by atoms with van der Waals surface area (Å²) in [6.45, 7) is 0. The molecule has 1 aliphatic heterocycles. The molecular formula is C10H6ClN3OS. The lowest BCUT2D eigenvalue weighted by Crippen LogP contribution is -1.96. The Morgan fingerprint density at radius 2 is 2.25 bits per heavy atom. The molecule has 0 saturated carbocycles. The Balaban J connectivity index is 2.19. The maximum Gasteiger partial charge on any atom is 0.306 e. The third-order valence-electron chi connectivity index (χ3n) is 2.22. The van der Waals surface area contributed by atoms with Gasteiger partial charge in [-0.2, -0.15) is 0 Å². The Kier molecular flexibility index (Phi) is 2.08. The number of halogens is 1. The van der Waals surface area contributed by atoms with Crippen LogP contribution >= 0.6 is 22.9 Å². The fourth-order valence-corrected chi connectivity index (χ4v) is 2.33. The summed E-state index contributed by atoms with van der Waals surface area (Å²) in [7, 11) is 0. The molecule has 0 spiro atoms. The number of aromatic amines is 1. The summed E-state index contributed by atoms with van der Waals surface area (Å²) in [5.74, 6) is 0.680. The standard InChI is InChI=1S/C10H6ClN3OS/c11-5-1-2-6-7(3-5)12-4-8-9(13-6)14-10(15)16-8/h1-4,13H,(H,14,15). The molecule has 1 aliphatic rings. The Morgan fingerprint density at radius 3 is 3.12 bits per heavy atom. The first kappa shape index (κ1) is 9.62. The van der Waals surface area contributed by atoms with Crippen molar-refractivity contribution in [2.45, 2.75) is 0 Å². The van der Waals surface area contributed by atoms with E-state index >= 15 is 0 Å². The fourth-order valence-electron chi connectivity index (χ4n) is 1.50. The van der Waals surface area contributed by atoms with E-state index in [-0.39, 0.29) is 4.87 Å². The first-order valence-electron chi connectivity index (χ1n) is 4.56. The topological polar surface area (TPSA) is 57.2 Å². The van der Waals surface area contributed by atoms with E-state index in [1.807, 2.05) is 6.07 Å². The van der Waals surface area contributed by atoms with Crippen molar-refractivity contribution < 1.29 is 0 Å². The highest BCUT2D eigenvalue weighted by Gasteiger charge is 2.12. The monoisotopic (exact) mass is 251 g/mol. The van der Waals surface area contributed by atoms with Gasteiger partial charge in [0, 0.05) is 11.2 Å². The van der Waals surface area contributed by atoms with Gasteiger partial charge in [0.25, 0.3) is 0 Å². The van der Waals surface area contributed by atoms with Gasteiger partial charge in [-0.05, 0) is 18.2 Å². The maximum absolute atomic E-state index is 11.2. The summed E-state index contributed by atoms with van der Waals surface area (Å²) in [6.07, 6.45) is 1.66. The second-order valence-corrected chi connectivity index (χ2v) is 4.75. The van der Waals surface area contributed by atoms with Crippen LogP contribution in [0.3, 0.4) is 0 Å². The van der Waals surface area contributed by atoms with Gasteiger partial charge in [-0.25, -0.2) is 0 Å². The van der Waals surface area contributed by atoms with Crippen LogP contribution < -0.4 is 10.2 Å². The molecule has 0 radical (unpaired) electrons. The minimum absolute atomic E-state index is 0.0960. The normalized spacial score (nSPS) is 12.6. The van der Waals surface area contributed by atoms with Crippen molar-refractivity contribution in [3.8, 4) is 0 Å². The zero-order chi connectivity index (χ0) is 11.1. The number of thiazole rings is 1. The quantitative estimate of drug-likeness (QED) is 0.645. The smallest absolute Gasteiger partial charge is 0.306 e. The van der Waals surface area contributed by atoms with E-state index < -0.39 is 0 Å². The van der Waals surface area contributed by atoms with Gasteiger partial charge in [0.2, 0.25) is 0 Å². The fraction of sp³-hybridized carbons (Fsp3) is 0. The number of aliphatic imine (C=N–C) groups is 1. The van der Waals surface area contributed by atoms with E-state index in [9.17, 15) is 4.79 Å². The number of aromatic nitrogens is 1. The largest absolute Gasteiger partial charge is 0.339 e. The molecule has 80 valence electrons. The molecule has 2 heterocycles. The number of hydrogen-bond donors (Lipinski definition) is 2. The molecule has 0 amide bonds. The van der Waals surface area contributed by atoms with Crippen LogP contribution in [-0.2, 0) is 0 Å². The molecule has 4 nitrogen and oxygen atoms in total. The van der Waals surface area contributed by atoms with E-state index in [2.05, 4.69) is 15.3 Å². The van der Waals surface area contributed by atoms with Crippen molar-refractivity contribution >= 4 is 46.3 Å². The lowest BCUT2D eigenvalue weighted by molar-refractivity contribution is 1.32. The molecular weight excluding hydrogens is 246 g/mol. The molecule has 16 heavy (non-hydrogen) atoms. The van der Waals surface area contributed by atoms with Crippen LogP contribution in [0.15, 0.2) is 28.0 Å². The van der Waals surface area contributed by atoms with Gasteiger partial charge in [-0.15, -0.1) is 0 Å². The summed E-state index contributed by atoms with van der Waals surface area (Å²) >= 11 is 7.01. The van der Waals surface area contributed by atoms with Crippen LogP contribution in [0.5, 0.6) is 0 Å². The molecule has 6 heteroatoms. The Morgan fingerprint density at radius 1 is 1.38 bits per heavy atom. The van der Waals surface area contributed by atoms with Gasteiger partial charge >= 0.3 is 4.87 Å². The van der Waals surface area contributed by atoms with Crippen molar-refractivity contribution in [2.24, 2.45) is 4.99 Å². The molecule has 2 N–H and O–H groups in total. The number of benzene rings is 1. The number of nitrogens with one attached hydrogen (secondary N) is 2. The molecule has 1 aromatic carbocycles. The lowest BCUT2D eigenvalue weighted by atomic mass is 10.2. The van der Waals surface area contributed by atoms with E-state index in [4.69, 9.17) is 11.6 Å². The number of fused-ring (bicyclic) bond motifs is 2. The van der Waals surface area contributed by atoms with Gasteiger partial charge in [-0.3, -0.25) is 14.8 Å². The van der Waals surface area contributed by atoms with Gasteiger partial charge in [-0.1, -0.05) is 22.9 Å². The van der Waals surface area contributed by atoms with Crippen molar-refractivity contribution in [2.75, 3.05) is 5.32 Å². The Bertz CT molecular complexity index is 644. The summed E-state index contributed by atoms with van der Waals surface area (Å²) in [4.78, 5) is 18.9. The molecule has 0 fully saturated rings. The average Bonchev–Trinajstić information content (AvgIpc) is 2.51. The Hall–Kier alpha value is -1.59. The Labute approximate surface area is 99.6 Å². The van der Waals surface area contributed by atoms with Crippen LogP contribution in [0.1, 0.15) is 4.88 Å². The van der Waals surface area contributed by atoms with Crippen molar-refractivity contribution in [3.63, 3.8) is 0 Å². The third kappa shape index (κ3) is 1.54. The second kappa shape index (κ2) is 3.47. The van der Waals surface area contributed by atoms with Crippen LogP contribution in [0.25, 0.3) is 0 Å². The van der Waals surface area contributed by atoms with E-state index in [0.29, 0.717) is 10.8 Å². The van der Waals surface area contributed by atoms with Gasteiger partial charge in [0.1, 0.15) is 5.82 Å². The lowest BCUT2D eigenvalue weighted by Gasteiger charge is -2.05. The van der Waals surface area contributed by atoms with Crippen LogP contribution in [0, 0.1) is 0 Å². The molecule has 0 unspecified atom stereocenters. The van der Waals surface area contributed by atoms with Crippen LogP contribution in [-0.4, -0.2) is 11.2 Å². The molecule has 0 bridgehead atoms. The van der Waals surface area contributed by atoms with Crippen molar-refractivity contribution in [3.05, 3.63) is 37.8 Å². The SMILES string of the molecule is O=c1[nH]c2c(s1)C=Nc1cc(Cl)ccc1N2. The number of hydrogen-bond acceptors (Lipinski definition) is 4. The molecule has 3 rings (SSSR count). The minimum atomic E-state index is -0.0960. The van der Waals surface area contributed by atoms with Gasteiger partial charge < -0.3 is 5.32 Å². The summed E-state index contributed by atoms with van der Waals surface area (Å²) < 4.78 is 0. The molecule has 0 atom stereocenters. The highest BCUT2D eigenvalue weighted by molar-refractivity contribution is 7.11. The van der Waals surface area contributed by atoms with E-state index in [1.165, 1.54) is 0 Å². The zero-order valence-corrected chi connectivity index (χ0v) is 9.52. The van der Waals surface area contributed by atoms with Crippen molar-refractivity contribution in [1.82, 2.24) is 4.98 Å². The highest BCUT2D eigenvalue weighted by Crippen LogP contribution is 2.33. The average molecular weight is 252 g/mol. The predicted molar refractivity (Wildman–Crippen MR) is 66.9 cm³/mol. The van der Waals surface area contributed by atoms with Gasteiger partial charge in [0.15, 0.2) is 0 Å². The molecule has 0 saturated heterocycles. The van der Waals surface area contributed by atoms with Crippen LogP contribution in [0.2, 0.25) is 5.02 Å². The number of H-pyrrole nitrogens is 1. The minimum Gasteiger partial charge on any atom is -0.339 e. The molecule has 2 aromatic rings. The zero-order valence-electron chi connectivity index (χ0n) is 7.95. The van der Waals surface area contributed by atoms with E-state index in [1.54, 1.807) is 18.3 Å². The predicted octanol–water partition coefficient (Wildman–Crippen LogP) is 2.90. The summed E-state index contributed by atoms with van der Waals surface area (Å²) in [5.41, 5.74) is 1.59. The summed E-state index contributed by atoms with van der Waals surface area (Å²) in [5, 5.41) is 3.76. The van der Waals surface area contributed by atoms with Crippen LogP contribution in [0.4, 0.5) is 17.2 Å². The third-order valence-corrected chi connectivity index (χ3v) is 3.27. The van der Waals surface area contributed by atoms with Gasteiger partial charge in [0.05, 0.1) is 16.3 Å². The second-order valence-electron chi connectivity index (χ2n) is 3.30. The van der Waals surface area contributed by atoms with E-state index in [0.717, 1.165) is 27.6 Å². The summed E-state index contributed by atoms with van der Waals surface area (Å²) in [6, 6.07) is 5.38. The first-order chi connectivity index (χ1) is 7.72. The van der Waals surface area contributed by atoms with Crippen molar-refractivity contribution in [1.29, 1.82) is 0 Å². The maximum atomic E-state index is 11.2.